The second kappa shape index (κ2) is 7.89. The second-order valence-electron chi connectivity index (χ2n) is 5.14. The van der Waals surface area contributed by atoms with Gasteiger partial charge in [0.15, 0.2) is 0 Å². The van der Waals surface area contributed by atoms with Crippen molar-refractivity contribution in [3.63, 3.8) is 0 Å². The van der Waals surface area contributed by atoms with Crippen LogP contribution in [0.25, 0.3) is 0 Å². The van der Waals surface area contributed by atoms with Gasteiger partial charge in [0.05, 0.1) is 17.7 Å². The molecule has 0 aromatic heterocycles. The fraction of sp³-hybridized carbons (Fsp3) is 0.235. The molecule has 0 aliphatic heterocycles. The van der Waals surface area contributed by atoms with Crippen LogP contribution in [-0.4, -0.2) is 33.3 Å². The van der Waals surface area contributed by atoms with E-state index in [1.54, 1.807) is 43.3 Å². The molecule has 134 valence electrons. The molecule has 0 saturated carbocycles. The monoisotopic (exact) mass is 364 g/mol. The first-order valence-corrected chi connectivity index (χ1v) is 9.05. The van der Waals surface area contributed by atoms with Gasteiger partial charge in [0.1, 0.15) is 5.75 Å². The van der Waals surface area contributed by atoms with Crippen molar-refractivity contribution < 1.29 is 23.1 Å². The maximum Gasteiger partial charge on any atom is 0.404 e. The Kier molecular flexibility index (Phi) is 5.87. The molecule has 2 rings (SSSR count). The van der Waals surface area contributed by atoms with E-state index in [1.165, 1.54) is 23.5 Å². The number of carboxylic acid groups (broad SMARTS) is 1. The van der Waals surface area contributed by atoms with Gasteiger partial charge in [-0.25, -0.2) is 13.2 Å². The lowest BCUT2D eigenvalue weighted by atomic mass is 10.1. The number of rotatable bonds is 7. The average Bonchev–Trinajstić information content (AvgIpc) is 2.61. The molecule has 0 bridgehead atoms. The van der Waals surface area contributed by atoms with Crippen LogP contribution >= 0.6 is 0 Å². The fourth-order valence-electron chi connectivity index (χ4n) is 2.43. The first-order valence-electron chi connectivity index (χ1n) is 7.61. The molecule has 0 fully saturated rings. The summed E-state index contributed by atoms with van der Waals surface area (Å²) >= 11 is 0. The molecule has 2 aromatic carbocycles. The Labute approximate surface area is 146 Å². The van der Waals surface area contributed by atoms with E-state index in [0.29, 0.717) is 17.0 Å². The average molecular weight is 364 g/mol. The minimum atomic E-state index is -3.77. The first-order chi connectivity index (χ1) is 11.9. The lowest BCUT2D eigenvalue weighted by Gasteiger charge is -2.25. The third-order valence-corrected chi connectivity index (χ3v) is 5.51. The van der Waals surface area contributed by atoms with E-state index in [-0.39, 0.29) is 18.0 Å². The summed E-state index contributed by atoms with van der Waals surface area (Å²) in [6.45, 7) is 1.88. The fourth-order valence-corrected chi connectivity index (χ4v) is 3.97. The van der Waals surface area contributed by atoms with Gasteiger partial charge in [0, 0.05) is 13.1 Å². The summed E-state index contributed by atoms with van der Waals surface area (Å²) in [5.41, 5.74) is 0.906. The number of hydrogen-bond acceptors (Lipinski definition) is 4. The van der Waals surface area contributed by atoms with E-state index in [0.717, 1.165) is 0 Å². The SMILES string of the molecule is CCN(c1ccc(OC)cc1CNC(=O)O)S(=O)(=O)c1ccccc1. The summed E-state index contributed by atoms with van der Waals surface area (Å²) in [6.07, 6.45) is -1.19. The third-order valence-electron chi connectivity index (χ3n) is 3.60. The van der Waals surface area contributed by atoms with E-state index in [4.69, 9.17) is 9.84 Å². The van der Waals surface area contributed by atoms with Crippen molar-refractivity contribution in [2.45, 2.75) is 18.4 Å². The highest BCUT2D eigenvalue weighted by atomic mass is 32.2. The van der Waals surface area contributed by atoms with Crippen LogP contribution in [0.5, 0.6) is 5.75 Å². The topological polar surface area (TPSA) is 95.9 Å². The lowest BCUT2D eigenvalue weighted by molar-refractivity contribution is 0.194. The quantitative estimate of drug-likeness (QED) is 0.787. The molecule has 8 heteroatoms. The van der Waals surface area contributed by atoms with Crippen LogP contribution in [-0.2, 0) is 16.6 Å². The van der Waals surface area contributed by atoms with Crippen LogP contribution in [0.4, 0.5) is 10.5 Å². The van der Waals surface area contributed by atoms with Crippen LogP contribution in [0, 0.1) is 0 Å². The van der Waals surface area contributed by atoms with Crippen molar-refractivity contribution >= 4 is 21.8 Å². The van der Waals surface area contributed by atoms with E-state index in [2.05, 4.69) is 5.32 Å². The van der Waals surface area contributed by atoms with Crippen molar-refractivity contribution in [1.29, 1.82) is 0 Å². The van der Waals surface area contributed by atoms with Gasteiger partial charge >= 0.3 is 6.09 Å². The van der Waals surface area contributed by atoms with Crippen LogP contribution < -0.4 is 14.4 Å². The normalized spacial score (nSPS) is 11.0. The number of ether oxygens (including phenoxy) is 1. The predicted octanol–water partition coefficient (Wildman–Crippen LogP) is 2.68. The Balaban J connectivity index is 2.51. The minimum absolute atomic E-state index is 0.0390. The molecule has 0 spiro atoms. The summed E-state index contributed by atoms with van der Waals surface area (Å²) in [5.74, 6) is 0.513. The molecule has 0 heterocycles. The Hall–Kier alpha value is -2.74. The Morgan fingerprint density at radius 1 is 1.20 bits per heavy atom. The Morgan fingerprint density at radius 2 is 1.88 bits per heavy atom. The van der Waals surface area contributed by atoms with Crippen LogP contribution in [0.1, 0.15) is 12.5 Å². The van der Waals surface area contributed by atoms with Gasteiger partial charge in [-0.3, -0.25) is 4.31 Å². The van der Waals surface area contributed by atoms with E-state index >= 15 is 0 Å². The number of anilines is 1. The van der Waals surface area contributed by atoms with Gasteiger partial charge in [-0.15, -0.1) is 0 Å². The van der Waals surface area contributed by atoms with Gasteiger partial charge < -0.3 is 15.2 Å². The molecule has 7 nitrogen and oxygen atoms in total. The van der Waals surface area contributed by atoms with Crippen molar-refractivity contribution in [1.82, 2.24) is 5.32 Å². The van der Waals surface area contributed by atoms with Gasteiger partial charge in [0.25, 0.3) is 10.0 Å². The van der Waals surface area contributed by atoms with Crippen LogP contribution in [0.15, 0.2) is 53.4 Å². The molecule has 0 unspecified atom stereocenters. The highest BCUT2D eigenvalue weighted by Gasteiger charge is 2.25. The molecule has 0 saturated heterocycles. The summed E-state index contributed by atoms with van der Waals surface area (Å²) in [7, 11) is -2.28. The number of nitrogens with zero attached hydrogens (tertiary/aromatic N) is 1. The van der Waals surface area contributed by atoms with E-state index in [9.17, 15) is 13.2 Å². The Bertz CT molecular complexity index is 837. The standard InChI is InChI=1S/C17H20N2O5S/c1-3-19(25(22,23)15-7-5-4-6-8-15)16-10-9-14(24-2)11-13(16)12-18-17(20)21/h4-11,18H,3,12H2,1-2H3,(H,20,21). The molecule has 25 heavy (non-hydrogen) atoms. The van der Waals surface area contributed by atoms with Gasteiger partial charge in [-0.2, -0.15) is 0 Å². The molecule has 0 aliphatic rings. The number of sulfonamides is 1. The smallest absolute Gasteiger partial charge is 0.404 e. The number of benzene rings is 2. The zero-order chi connectivity index (χ0) is 18.4. The largest absolute Gasteiger partial charge is 0.497 e. The molecule has 1 amide bonds. The number of amides is 1. The highest BCUT2D eigenvalue weighted by molar-refractivity contribution is 7.92. The van der Waals surface area contributed by atoms with Crippen molar-refractivity contribution in [2.24, 2.45) is 0 Å². The van der Waals surface area contributed by atoms with Crippen molar-refractivity contribution in [3.8, 4) is 5.75 Å². The number of nitrogens with one attached hydrogen (secondary N) is 1. The summed E-state index contributed by atoms with van der Waals surface area (Å²) in [5, 5.41) is 11.1. The maximum atomic E-state index is 13.0. The molecular formula is C17H20N2O5S. The first kappa shape index (κ1) is 18.6. The summed E-state index contributed by atoms with van der Waals surface area (Å²) in [4.78, 5) is 11.0. The van der Waals surface area contributed by atoms with Gasteiger partial charge in [-0.1, -0.05) is 18.2 Å². The summed E-state index contributed by atoms with van der Waals surface area (Å²) < 4.78 is 32.3. The molecular weight excluding hydrogens is 344 g/mol. The van der Waals surface area contributed by atoms with Gasteiger partial charge in [-0.05, 0) is 42.8 Å². The van der Waals surface area contributed by atoms with Crippen LogP contribution in [0.3, 0.4) is 0 Å². The second-order valence-corrected chi connectivity index (χ2v) is 7.00. The van der Waals surface area contributed by atoms with Crippen molar-refractivity contribution in [2.75, 3.05) is 18.0 Å². The lowest BCUT2D eigenvalue weighted by Crippen LogP contribution is -2.32. The zero-order valence-corrected chi connectivity index (χ0v) is 14.8. The van der Waals surface area contributed by atoms with Crippen LogP contribution in [0.2, 0.25) is 0 Å². The predicted molar refractivity (Wildman–Crippen MR) is 94.5 cm³/mol. The maximum absolute atomic E-state index is 13.0. The highest BCUT2D eigenvalue weighted by Crippen LogP contribution is 2.30. The molecule has 2 aromatic rings. The number of carbonyl (C=O) groups is 1. The van der Waals surface area contributed by atoms with E-state index < -0.39 is 16.1 Å². The number of hydrogen-bond donors (Lipinski definition) is 2. The molecule has 0 atom stereocenters. The molecule has 0 radical (unpaired) electrons. The van der Waals surface area contributed by atoms with Crippen molar-refractivity contribution in [3.05, 3.63) is 54.1 Å². The minimum Gasteiger partial charge on any atom is -0.497 e. The van der Waals surface area contributed by atoms with E-state index in [1.807, 2.05) is 0 Å². The zero-order valence-electron chi connectivity index (χ0n) is 14.0. The number of methoxy groups -OCH3 is 1. The summed E-state index contributed by atoms with van der Waals surface area (Å²) in [6, 6.07) is 13.0. The molecule has 0 aliphatic carbocycles. The van der Waals surface area contributed by atoms with Gasteiger partial charge in [0.2, 0.25) is 0 Å². The molecule has 2 N–H and O–H groups in total. The third kappa shape index (κ3) is 4.21. The Morgan fingerprint density at radius 3 is 2.44 bits per heavy atom.